The van der Waals surface area contributed by atoms with Gasteiger partial charge in [0, 0.05) is 20.4 Å². The van der Waals surface area contributed by atoms with Gasteiger partial charge in [-0.3, -0.25) is 4.57 Å². The van der Waals surface area contributed by atoms with Crippen molar-refractivity contribution in [1.29, 1.82) is 0 Å². The van der Waals surface area contributed by atoms with Gasteiger partial charge in [0.2, 0.25) is 0 Å². The summed E-state index contributed by atoms with van der Waals surface area (Å²) in [5, 5.41) is 0. The highest BCUT2D eigenvalue weighted by atomic mass is 31.2. The lowest BCUT2D eigenvalue weighted by Crippen LogP contribution is -2.20. The van der Waals surface area contributed by atoms with Crippen molar-refractivity contribution < 1.29 is 18.7 Å². The van der Waals surface area contributed by atoms with E-state index in [9.17, 15) is 4.57 Å². The topological polar surface area (TPSA) is 55.8 Å². The molecular formula is C10H21O4P. The Bertz CT molecular complexity index is 217. The highest BCUT2D eigenvalue weighted by molar-refractivity contribution is 7.51. The van der Waals surface area contributed by atoms with Crippen molar-refractivity contribution in [2.75, 3.05) is 27.0 Å². The average Bonchev–Trinajstić information content (AvgIpc) is 2.16. The number of hydrogen-bond acceptors (Lipinski definition) is 3. The largest absolute Gasteiger partial charge is 0.384 e. The van der Waals surface area contributed by atoms with E-state index in [-0.39, 0.29) is 0 Å². The first-order valence-corrected chi connectivity index (χ1v) is 7.47. The lowest BCUT2D eigenvalue weighted by atomic mass is 9.83. The van der Waals surface area contributed by atoms with Gasteiger partial charge in [-0.15, -0.1) is 0 Å². The van der Waals surface area contributed by atoms with Crippen molar-refractivity contribution in [1.82, 2.24) is 0 Å². The zero-order valence-electron chi connectivity index (χ0n) is 9.52. The van der Waals surface area contributed by atoms with E-state index in [0.717, 1.165) is 32.3 Å². The molecule has 1 rings (SSSR count). The van der Waals surface area contributed by atoms with Gasteiger partial charge in [0.25, 0.3) is 0 Å². The second-order valence-corrected chi connectivity index (χ2v) is 6.31. The third-order valence-corrected chi connectivity index (χ3v) is 3.55. The summed E-state index contributed by atoms with van der Waals surface area (Å²) in [7, 11) is -1.55. The first-order chi connectivity index (χ1) is 7.01. The molecule has 1 aliphatic carbocycles. The highest BCUT2D eigenvalue weighted by Gasteiger charge is 2.23. The molecule has 1 N–H and O–H groups in total. The number of hydrogen-bond donors (Lipinski definition) is 1. The molecule has 0 aliphatic heterocycles. The molecule has 4 nitrogen and oxygen atoms in total. The van der Waals surface area contributed by atoms with Gasteiger partial charge in [-0.05, 0) is 37.5 Å². The Hall–Kier alpha value is 0.110. The smallest absolute Gasteiger partial charge is 0.325 e. The number of ether oxygens (including phenoxy) is 1. The van der Waals surface area contributed by atoms with Crippen LogP contribution in [0.5, 0.6) is 0 Å². The molecule has 0 aromatic heterocycles. The third-order valence-electron chi connectivity index (χ3n) is 2.92. The average molecular weight is 236 g/mol. The highest BCUT2D eigenvalue weighted by Crippen LogP contribution is 2.39. The summed E-state index contributed by atoms with van der Waals surface area (Å²) < 4.78 is 21.0. The second-order valence-electron chi connectivity index (χ2n) is 4.44. The zero-order chi connectivity index (χ0) is 11.3. The fraction of sp³-hybridized carbons (Fsp3) is 1.00. The van der Waals surface area contributed by atoms with Crippen molar-refractivity contribution in [2.24, 2.45) is 11.8 Å². The van der Waals surface area contributed by atoms with Gasteiger partial charge < -0.3 is 14.2 Å². The van der Waals surface area contributed by atoms with Crippen LogP contribution >= 0.6 is 7.60 Å². The van der Waals surface area contributed by atoms with Crippen LogP contribution in [0.3, 0.4) is 0 Å². The second kappa shape index (κ2) is 6.00. The molecule has 1 unspecified atom stereocenters. The van der Waals surface area contributed by atoms with E-state index in [0.29, 0.717) is 18.4 Å². The minimum absolute atomic E-state index is 0.421. The standard InChI is InChI=1S/C10H21O4P/c1-13-7-9-3-5-10(6-4-9)8-14-15(2,11)12/h9-10H,3-8H2,1-2H3,(H,11,12). The SMILES string of the molecule is COCC1CCC(COP(C)(=O)O)CC1. The van der Waals surface area contributed by atoms with Gasteiger partial charge in [0.05, 0.1) is 6.61 Å². The Kier molecular flexibility index (Phi) is 5.27. The van der Waals surface area contributed by atoms with Crippen molar-refractivity contribution >= 4 is 7.60 Å². The van der Waals surface area contributed by atoms with Crippen molar-refractivity contribution in [3.63, 3.8) is 0 Å². The van der Waals surface area contributed by atoms with E-state index >= 15 is 0 Å². The first kappa shape index (κ1) is 13.2. The van der Waals surface area contributed by atoms with Gasteiger partial charge in [0.1, 0.15) is 0 Å². The summed E-state index contributed by atoms with van der Waals surface area (Å²) in [6.45, 7) is 2.49. The van der Waals surface area contributed by atoms with Crippen molar-refractivity contribution in [3.8, 4) is 0 Å². The summed E-state index contributed by atoms with van der Waals surface area (Å²) in [5.41, 5.74) is 0. The molecule has 0 radical (unpaired) electrons. The Balaban J connectivity index is 2.17. The van der Waals surface area contributed by atoms with Crippen LogP contribution in [0, 0.1) is 11.8 Å². The molecule has 1 saturated carbocycles. The van der Waals surface area contributed by atoms with Gasteiger partial charge in [-0.25, -0.2) is 0 Å². The van der Waals surface area contributed by atoms with Gasteiger partial charge >= 0.3 is 7.60 Å². The van der Waals surface area contributed by atoms with Crippen LogP contribution in [0.15, 0.2) is 0 Å². The fourth-order valence-corrected chi connectivity index (χ4v) is 2.53. The fourth-order valence-electron chi connectivity index (χ4n) is 2.04. The maximum absolute atomic E-state index is 10.9. The zero-order valence-corrected chi connectivity index (χ0v) is 10.4. The number of rotatable bonds is 5. The van der Waals surface area contributed by atoms with Crippen molar-refractivity contribution in [2.45, 2.75) is 25.7 Å². The maximum Gasteiger partial charge on any atom is 0.325 e. The summed E-state index contributed by atoms with van der Waals surface area (Å²) in [5.74, 6) is 1.10. The summed E-state index contributed by atoms with van der Waals surface area (Å²) in [6.07, 6.45) is 4.44. The molecule has 0 aromatic carbocycles. The Labute approximate surface area is 91.5 Å². The molecule has 0 aromatic rings. The van der Waals surface area contributed by atoms with E-state index in [1.807, 2.05) is 0 Å². The molecule has 90 valence electrons. The molecule has 1 fully saturated rings. The molecule has 1 atom stereocenters. The molecule has 5 heteroatoms. The summed E-state index contributed by atoms with van der Waals surface area (Å²) in [6, 6.07) is 0. The lowest BCUT2D eigenvalue weighted by Gasteiger charge is -2.27. The Morgan fingerprint density at radius 2 is 1.67 bits per heavy atom. The van der Waals surface area contributed by atoms with E-state index in [1.165, 1.54) is 6.66 Å². The first-order valence-electron chi connectivity index (χ1n) is 5.45. The quantitative estimate of drug-likeness (QED) is 0.744. The molecule has 0 amide bonds. The van der Waals surface area contributed by atoms with Crippen LogP contribution in [0.25, 0.3) is 0 Å². The monoisotopic (exact) mass is 236 g/mol. The number of methoxy groups -OCH3 is 1. The van der Waals surface area contributed by atoms with Crippen LogP contribution in [-0.4, -0.2) is 31.9 Å². The van der Waals surface area contributed by atoms with E-state index in [2.05, 4.69) is 0 Å². The molecule has 0 spiro atoms. The predicted molar refractivity (Wildman–Crippen MR) is 59.0 cm³/mol. The van der Waals surface area contributed by atoms with Crippen molar-refractivity contribution in [3.05, 3.63) is 0 Å². The van der Waals surface area contributed by atoms with E-state index < -0.39 is 7.60 Å². The van der Waals surface area contributed by atoms with E-state index in [1.54, 1.807) is 7.11 Å². The van der Waals surface area contributed by atoms with Crippen LogP contribution in [0.4, 0.5) is 0 Å². The summed E-state index contributed by atoms with van der Waals surface area (Å²) in [4.78, 5) is 9.00. The maximum atomic E-state index is 10.9. The van der Waals surface area contributed by atoms with Crippen LogP contribution in [0.2, 0.25) is 0 Å². The van der Waals surface area contributed by atoms with Gasteiger partial charge in [-0.1, -0.05) is 0 Å². The van der Waals surface area contributed by atoms with Crippen LogP contribution < -0.4 is 0 Å². The Morgan fingerprint density at radius 3 is 2.07 bits per heavy atom. The normalized spacial score (nSPS) is 31.1. The van der Waals surface area contributed by atoms with Gasteiger partial charge in [-0.2, -0.15) is 0 Å². The minimum atomic E-state index is -3.29. The Morgan fingerprint density at radius 1 is 1.20 bits per heavy atom. The van der Waals surface area contributed by atoms with E-state index in [4.69, 9.17) is 14.2 Å². The predicted octanol–water partition coefficient (Wildman–Crippen LogP) is 2.27. The molecular weight excluding hydrogens is 215 g/mol. The van der Waals surface area contributed by atoms with Crippen LogP contribution in [-0.2, 0) is 13.8 Å². The molecule has 0 saturated heterocycles. The lowest BCUT2D eigenvalue weighted by molar-refractivity contribution is 0.104. The molecule has 0 heterocycles. The summed E-state index contributed by atoms with van der Waals surface area (Å²) >= 11 is 0. The van der Waals surface area contributed by atoms with Crippen LogP contribution in [0.1, 0.15) is 25.7 Å². The molecule has 0 bridgehead atoms. The minimum Gasteiger partial charge on any atom is -0.384 e. The van der Waals surface area contributed by atoms with Gasteiger partial charge in [0.15, 0.2) is 0 Å². The molecule has 1 aliphatic rings. The molecule has 15 heavy (non-hydrogen) atoms. The third kappa shape index (κ3) is 5.67.